The highest BCUT2D eigenvalue weighted by atomic mass is 16.6. The molecule has 0 atom stereocenters. The highest BCUT2D eigenvalue weighted by Gasteiger charge is 2.25. The minimum Gasteiger partial charge on any atom is -0.423 e. The second kappa shape index (κ2) is 16.2. The van der Waals surface area contributed by atoms with Crippen LogP contribution in [0.4, 0.5) is 0 Å². The highest BCUT2D eigenvalue weighted by Crippen LogP contribution is 2.33. The Bertz CT molecular complexity index is 1400. The molecule has 0 radical (unpaired) electrons. The molecule has 0 aliphatic rings. The van der Waals surface area contributed by atoms with E-state index in [1.807, 2.05) is 0 Å². The fraction of sp³-hybridized carbons (Fsp3) is 0.345. The van der Waals surface area contributed by atoms with E-state index in [0.29, 0.717) is 19.3 Å². The lowest BCUT2D eigenvalue weighted by atomic mass is 10.1. The van der Waals surface area contributed by atoms with E-state index in [1.165, 1.54) is 48.2 Å². The van der Waals surface area contributed by atoms with Crippen LogP contribution >= 0.6 is 0 Å². The third-order valence-electron chi connectivity index (χ3n) is 5.46. The lowest BCUT2D eigenvalue weighted by Crippen LogP contribution is -2.39. The number of nitrogens with zero attached hydrogens (tertiary/aromatic N) is 1. The fourth-order valence-electron chi connectivity index (χ4n) is 3.86. The number of nitrogens with two attached hydrogens (primary N) is 1. The van der Waals surface area contributed by atoms with Crippen LogP contribution in [0.3, 0.4) is 0 Å². The van der Waals surface area contributed by atoms with Gasteiger partial charge in [-0.2, -0.15) is 0 Å². The number of hydrogen-bond acceptors (Lipinski definition) is 11. The van der Waals surface area contributed by atoms with E-state index in [-0.39, 0.29) is 47.2 Å². The summed E-state index contributed by atoms with van der Waals surface area (Å²) in [5, 5.41) is 2.69. The SMILES string of the molecule is CC(=O)Oc1cccc(C(=O)NCCCCCN(CC(N)=O)C(=O)c2cccc(OC(C)=O)c2OC(C)=O)c1OC(C)=O. The first-order valence-corrected chi connectivity index (χ1v) is 13.2. The number of primary amides is 1. The maximum Gasteiger partial charge on any atom is 0.308 e. The average Bonchev–Trinajstić information content (AvgIpc) is 2.90. The number of carbonyl (C=O) groups excluding carboxylic acids is 7. The van der Waals surface area contributed by atoms with E-state index in [2.05, 4.69) is 5.32 Å². The average molecular weight is 600 g/mol. The number of esters is 4. The molecule has 14 heteroatoms. The number of rotatable bonds is 14. The molecule has 0 aromatic heterocycles. The largest absolute Gasteiger partial charge is 0.423 e. The summed E-state index contributed by atoms with van der Waals surface area (Å²) in [6, 6.07) is 8.41. The van der Waals surface area contributed by atoms with Crippen molar-refractivity contribution in [2.45, 2.75) is 47.0 Å². The highest BCUT2D eigenvalue weighted by molar-refractivity contribution is 6.00. The van der Waals surface area contributed by atoms with Gasteiger partial charge in [0.05, 0.1) is 17.7 Å². The van der Waals surface area contributed by atoms with E-state index in [4.69, 9.17) is 24.7 Å². The zero-order valence-corrected chi connectivity index (χ0v) is 24.2. The number of carbonyl (C=O) groups is 7. The molecule has 0 aliphatic carbocycles. The maximum absolute atomic E-state index is 13.4. The summed E-state index contributed by atoms with van der Waals surface area (Å²) >= 11 is 0. The summed E-state index contributed by atoms with van der Waals surface area (Å²) in [6.07, 6.45) is 1.39. The molecule has 0 saturated carbocycles. The zero-order valence-electron chi connectivity index (χ0n) is 24.2. The number of para-hydroxylation sites is 2. The maximum atomic E-state index is 13.4. The summed E-state index contributed by atoms with van der Waals surface area (Å²) in [6.45, 7) is 4.45. The van der Waals surface area contributed by atoms with Crippen molar-refractivity contribution in [3.8, 4) is 23.0 Å². The molecular formula is C29H33N3O11. The lowest BCUT2D eigenvalue weighted by molar-refractivity contribution is -0.134. The van der Waals surface area contributed by atoms with Gasteiger partial charge in [-0.15, -0.1) is 0 Å². The molecular weight excluding hydrogens is 566 g/mol. The van der Waals surface area contributed by atoms with E-state index in [9.17, 15) is 33.6 Å². The van der Waals surface area contributed by atoms with Crippen LogP contribution < -0.4 is 30.0 Å². The summed E-state index contributed by atoms with van der Waals surface area (Å²) in [7, 11) is 0. The molecule has 0 fully saturated rings. The van der Waals surface area contributed by atoms with E-state index >= 15 is 0 Å². The lowest BCUT2D eigenvalue weighted by Gasteiger charge is -2.23. The Balaban J connectivity index is 2.06. The van der Waals surface area contributed by atoms with E-state index in [0.717, 1.165) is 20.8 Å². The molecule has 2 aromatic rings. The van der Waals surface area contributed by atoms with Crippen molar-refractivity contribution in [2.75, 3.05) is 19.6 Å². The molecule has 3 N–H and O–H groups in total. The van der Waals surface area contributed by atoms with E-state index in [1.54, 1.807) is 0 Å². The van der Waals surface area contributed by atoms with Crippen LogP contribution in [0.1, 0.15) is 67.7 Å². The van der Waals surface area contributed by atoms with Gasteiger partial charge in [0, 0.05) is 40.8 Å². The van der Waals surface area contributed by atoms with Gasteiger partial charge in [0.25, 0.3) is 11.8 Å². The van der Waals surface area contributed by atoms with Gasteiger partial charge < -0.3 is 34.9 Å². The van der Waals surface area contributed by atoms with Gasteiger partial charge in [-0.05, 0) is 43.5 Å². The molecule has 14 nitrogen and oxygen atoms in total. The van der Waals surface area contributed by atoms with Crippen molar-refractivity contribution in [1.82, 2.24) is 10.2 Å². The number of ether oxygens (including phenoxy) is 4. The molecule has 0 spiro atoms. The molecule has 0 saturated heterocycles. The third-order valence-corrected chi connectivity index (χ3v) is 5.46. The standard InChI is InChI=1S/C29H33N3O11/c1-17(33)40-23-12-8-10-21(26(23)42-19(3)35)28(38)31-14-6-5-7-15-32(16-25(30)37)29(39)22-11-9-13-24(41-18(2)34)27(22)43-20(4)36/h8-13H,5-7,14-16H2,1-4H3,(H2,30,37)(H,31,38). The van der Waals surface area contributed by atoms with Crippen molar-refractivity contribution in [2.24, 2.45) is 5.73 Å². The van der Waals surface area contributed by atoms with Crippen molar-refractivity contribution < 1.29 is 52.5 Å². The van der Waals surface area contributed by atoms with Gasteiger partial charge in [0.15, 0.2) is 23.0 Å². The van der Waals surface area contributed by atoms with Crippen LogP contribution in [-0.2, 0) is 24.0 Å². The van der Waals surface area contributed by atoms with Crippen molar-refractivity contribution >= 4 is 41.6 Å². The molecule has 0 heterocycles. The Labute approximate surface area is 247 Å². The minimum absolute atomic E-state index is 0.00764. The Kier molecular flexibility index (Phi) is 12.8. The first-order valence-electron chi connectivity index (χ1n) is 13.2. The third kappa shape index (κ3) is 10.9. The van der Waals surface area contributed by atoms with Crippen molar-refractivity contribution in [1.29, 1.82) is 0 Å². The predicted octanol–water partition coefficient (Wildman–Crippen LogP) is 1.92. The van der Waals surface area contributed by atoms with Gasteiger partial charge in [-0.3, -0.25) is 33.6 Å². The Morgan fingerprint density at radius 1 is 0.674 bits per heavy atom. The molecule has 0 unspecified atom stereocenters. The molecule has 0 bridgehead atoms. The van der Waals surface area contributed by atoms with E-state index < -0.39 is 48.1 Å². The van der Waals surface area contributed by atoms with Gasteiger partial charge in [-0.25, -0.2) is 0 Å². The number of nitrogens with one attached hydrogen (secondary N) is 1. The minimum atomic E-state index is -0.773. The van der Waals surface area contributed by atoms with Gasteiger partial charge in [-0.1, -0.05) is 12.1 Å². The molecule has 0 aliphatic heterocycles. The summed E-state index contributed by atoms with van der Waals surface area (Å²) in [4.78, 5) is 85.1. The summed E-state index contributed by atoms with van der Waals surface area (Å²) in [5.74, 6) is -5.50. The zero-order chi connectivity index (χ0) is 32.1. The topological polar surface area (TPSA) is 198 Å². The second-order valence-electron chi connectivity index (χ2n) is 9.15. The Hall–Kier alpha value is -5.27. The fourth-order valence-corrected chi connectivity index (χ4v) is 3.86. The molecule has 43 heavy (non-hydrogen) atoms. The molecule has 2 aromatic carbocycles. The predicted molar refractivity (Wildman–Crippen MR) is 149 cm³/mol. The first kappa shape index (κ1) is 33.9. The number of hydrogen-bond donors (Lipinski definition) is 2. The van der Waals surface area contributed by atoms with Crippen molar-refractivity contribution in [3.63, 3.8) is 0 Å². The van der Waals surface area contributed by atoms with Gasteiger partial charge in [0.2, 0.25) is 5.91 Å². The molecule has 2 rings (SSSR count). The van der Waals surface area contributed by atoms with Crippen LogP contribution in [0, 0.1) is 0 Å². The van der Waals surface area contributed by atoms with Crippen LogP contribution in [0.5, 0.6) is 23.0 Å². The number of unbranched alkanes of at least 4 members (excludes halogenated alkanes) is 2. The monoisotopic (exact) mass is 599 g/mol. The number of benzene rings is 2. The van der Waals surface area contributed by atoms with Crippen LogP contribution in [0.15, 0.2) is 36.4 Å². The Morgan fingerprint density at radius 2 is 1.16 bits per heavy atom. The Morgan fingerprint density at radius 3 is 1.65 bits per heavy atom. The quantitative estimate of drug-likeness (QED) is 0.183. The first-order chi connectivity index (χ1) is 20.3. The van der Waals surface area contributed by atoms with Crippen molar-refractivity contribution in [3.05, 3.63) is 47.5 Å². The van der Waals surface area contributed by atoms with Gasteiger partial charge >= 0.3 is 23.9 Å². The van der Waals surface area contributed by atoms with Crippen LogP contribution in [0.25, 0.3) is 0 Å². The number of amides is 3. The summed E-state index contributed by atoms with van der Waals surface area (Å²) < 4.78 is 20.4. The molecule has 3 amide bonds. The summed E-state index contributed by atoms with van der Waals surface area (Å²) in [5.41, 5.74) is 5.23. The smallest absolute Gasteiger partial charge is 0.308 e. The molecule has 230 valence electrons. The van der Waals surface area contributed by atoms with Gasteiger partial charge in [0.1, 0.15) is 0 Å². The second-order valence-corrected chi connectivity index (χ2v) is 9.15. The van der Waals surface area contributed by atoms with Crippen LogP contribution in [-0.4, -0.2) is 66.1 Å². The van der Waals surface area contributed by atoms with Crippen LogP contribution in [0.2, 0.25) is 0 Å². The normalized spacial score (nSPS) is 10.2.